The van der Waals surface area contributed by atoms with Gasteiger partial charge < -0.3 is 9.32 Å². The van der Waals surface area contributed by atoms with Gasteiger partial charge in [-0.05, 0) is 91.3 Å². The second-order valence-electron chi connectivity index (χ2n) is 14.9. The zero-order chi connectivity index (χ0) is 38.4. The number of hydrogen-bond acceptors (Lipinski definition) is 2. The van der Waals surface area contributed by atoms with Crippen molar-refractivity contribution in [3.63, 3.8) is 0 Å². The second kappa shape index (κ2) is 14.1. The average molecular weight is 740 g/mol. The van der Waals surface area contributed by atoms with E-state index in [1.807, 2.05) is 12.1 Å². The number of para-hydroxylation sites is 3. The summed E-state index contributed by atoms with van der Waals surface area (Å²) in [6.45, 7) is 0. The van der Waals surface area contributed by atoms with E-state index in [0.717, 1.165) is 61.3 Å². The Balaban J connectivity index is 1.06. The van der Waals surface area contributed by atoms with E-state index in [1.165, 1.54) is 43.8 Å². The lowest BCUT2D eigenvalue weighted by Crippen LogP contribution is -2.11. The van der Waals surface area contributed by atoms with Crippen LogP contribution in [-0.4, -0.2) is 0 Å². The highest BCUT2D eigenvalue weighted by Gasteiger charge is 2.20. The Morgan fingerprint density at radius 1 is 0.293 bits per heavy atom. The van der Waals surface area contributed by atoms with Crippen LogP contribution in [0.4, 0.5) is 17.1 Å². The van der Waals surface area contributed by atoms with Crippen LogP contribution in [0.25, 0.3) is 88.0 Å². The summed E-state index contributed by atoms with van der Waals surface area (Å²) in [5.41, 5.74) is 14.3. The zero-order valence-corrected chi connectivity index (χ0v) is 31.7. The van der Waals surface area contributed by atoms with Gasteiger partial charge >= 0.3 is 0 Å². The minimum absolute atomic E-state index is 0.898. The van der Waals surface area contributed by atoms with E-state index in [-0.39, 0.29) is 0 Å². The third kappa shape index (κ3) is 5.82. The standard InChI is InChI=1S/C56H37NO/c1-2-13-38(14-3-1)39-27-29-42(30-28-39)48-19-6-8-25-54(48)57(45-17-10-16-43(37-45)49-22-12-24-53-52-20-7-9-26-55(52)58-56(49)53)44-34-31-41(32-35-44)47-21-11-23-50-46-18-5-4-15-40(46)33-36-51(47)50/h1-37H. The largest absolute Gasteiger partial charge is 0.455 e. The van der Waals surface area contributed by atoms with Crippen LogP contribution in [0.15, 0.2) is 229 Å². The van der Waals surface area contributed by atoms with Crippen molar-refractivity contribution in [1.29, 1.82) is 0 Å². The van der Waals surface area contributed by atoms with Crippen molar-refractivity contribution in [2.75, 3.05) is 4.90 Å². The quantitative estimate of drug-likeness (QED) is 0.151. The lowest BCUT2D eigenvalue weighted by molar-refractivity contribution is 0.670. The Hall–Kier alpha value is -7.68. The molecule has 1 aromatic heterocycles. The summed E-state index contributed by atoms with van der Waals surface area (Å²) in [4.78, 5) is 2.39. The third-order valence-corrected chi connectivity index (χ3v) is 11.5. The van der Waals surface area contributed by atoms with Gasteiger partial charge in [0.05, 0.1) is 5.69 Å². The van der Waals surface area contributed by atoms with Crippen molar-refractivity contribution >= 4 is 60.5 Å². The predicted molar refractivity (Wildman–Crippen MR) is 245 cm³/mol. The molecule has 0 atom stereocenters. The van der Waals surface area contributed by atoms with Gasteiger partial charge in [-0.3, -0.25) is 0 Å². The molecule has 11 aromatic rings. The van der Waals surface area contributed by atoms with Gasteiger partial charge in [0, 0.05) is 33.3 Å². The van der Waals surface area contributed by atoms with Gasteiger partial charge in [-0.2, -0.15) is 0 Å². The molecular weight excluding hydrogens is 703 g/mol. The highest BCUT2D eigenvalue weighted by atomic mass is 16.3. The molecule has 58 heavy (non-hydrogen) atoms. The normalized spacial score (nSPS) is 11.4. The van der Waals surface area contributed by atoms with Crippen LogP contribution >= 0.6 is 0 Å². The van der Waals surface area contributed by atoms with Crippen LogP contribution in [0.5, 0.6) is 0 Å². The average Bonchev–Trinajstić information content (AvgIpc) is 3.69. The topological polar surface area (TPSA) is 16.4 Å². The highest BCUT2D eigenvalue weighted by molar-refractivity contribution is 6.12. The number of hydrogen-bond donors (Lipinski definition) is 0. The Morgan fingerprint density at radius 2 is 0.879 bits per heavy atom. The van der Waals surface area contributed by atoms with Gasteiger partial charge in [0.15, 0.2) is 0 Å². The SMILES string of the molecule is c1ccc(-c2ccc(-c3ccccc3N(c3ccc(-c4cccc5c4ccc4ccccc45)cc3)c3cccc(-c4cccc5c4oc4ccccc45)c3)cc2)cc1. The van der Waals surface area contributed by atoms with Crippen molar-refractivity contribution in [1.82, 2.24) is 0 Å². The first-order valence-electron chi connectivity index (χ1n) is 19.8. The van der Waals surface area contributed by atoms with Gasteiger partial charge in [0.25, 0.3) is 0 Å². The molecule has 2 heteroatoms. The molecule has 11 rings (SSSR count). The van der Waals surface area contributed by atoms with Crippen LogP contribution in [-0.2, 0) is 0 Å². The molecule has 0 saturated carbocycles. The molecule has 10 aromatic carbocycles. The van der Waals surface area contributed by atoms with E-state index in [9.17, 15) is 0 Å². The lowest BCUT2D eigenvalue weighted by Gasteiger charge is -2.28. The zero-order valence-electron chi connectivity index (χ0n) is 31.7. The van der Waals surface area contributed by atoms with Crippen molar-refractivity contribution in [3.05, 3.63) is 224 Å². The molecular formula is C56H37NO. The fourth-order valence-corrected chi connectivity index (χ4v) is 8.68. The molecule has 2 nitrogen and oxygen atoms in total. The lowest BCUT2D eigenvalue weighted by atomic mass is 9.94. The van der Waals surface area contributed by atoms with E-state index >= 15 is 0 Å². The first-order chi connectivity index (χ1) is 28.8. The van der Waals surface area contributed by atoms with E-state index in [4.69, 9.17) is 4.42 Å². The molecule has 0 radical (unpaired) electrons. The van der Waals surface area contributed by atoms with Gasteiger partial charge in [0.1, 0.15) is 11.2 Å². The Kier molecular flexibility index (Phi) is 8.19. The molecule has 0 aliphatic carbocycles. The first-order valence-corrected chi connectivity index (χ1v) is 19.8. The third-order valence-electron chi connectivity index (χ3n) is 11.5. The van der Waals surface area contributed by atoms with Crippen molar-refractivity contribution in [3.8, 4) is 44.5 Å². The molecule has 0 bridgehead atoms. The number of nitrogens with zero attached hydrogens (tertiary/aromatic N) is 1. The first kappa shape index (κ1) is 33.6. The summed E-state index contributed by atoms with van der Waals surface area (Å²) >= 11 is 0. The van der Waals surface area contributed by atoms with E-state index < -0.39 is 0 Å². The predicted octanol–water partition coefficient (Wildman–Crippen LogP) is 16.0. The van der Waals surface area contributed by atoms with Crippen LogP contribution in [0.2, 0.25) is 0 Å². The molecule has 0 aliphatic rings. The minimum atomic E-state index is 0.898. The van der Waals surface area contributed by atoms with Crippen LogP contribution in [0, 0.1) is 0 Å². The van der Waals surface area contributed by atoms with E-state index in [1.54, 1.807) is 0 Å². The summed E-state index contributed by atoms with van der Waals surface area (Å²) in [5, 5.41) is 7.30. The fourth-order valence-electron chi connectivity index (χ4n) is 8.68. The van der Waals surface area contributed by atoms with Gasteiger partial charge in [0.2, 0.25) is 0 Å². The van der Waals surface area contributed by atoms with Gasteiger partial charge in [-0.25, -0.2) is 0 Å². The molecule has 272 valence electrons. The van der Waals surface area contributed by atoms with Gasteiger partial charge in [-0.15, -0.1) is 0 Å². The number of furan rings is 1. The Morgan fingerprint density at radius 3 is 1.74 bits per heavy atom. The molecule has 0 unspecified atom stereocenters. The van der Waals surface area contributed by atoms with E-state index in [0.29, 0.717) is 0 Å². The summed E-state index contributed by atoms with van der Waals surface area (Å²) in [7, 11) is 0. The summed E-state index contributed by atoms with van der Waals surface area (Å²) in [5.74, 6) is 0. The molecule has 0 spiro atoms. The van der Waals surface area contributed by atoms with E-state index in [2.05, 4.69) is 217 Å². The maximum absolute atomic E-state index is 6.52. The maximum atomic E-state index is 6.52. The van der Waals surface area contributed by atoms with Crippen LogP contribution in [0.3, 0.4) is 0 Å². The number of anilines is 3. The van der Waals surface area contributed by atoms with Crippen molar-refractivity contribution in [2.45, 2.75) is 0 Å². The molecule has 0 saturated heterocycles. The number of benzene rings is 10. The molecule has 0 amide bonds. The summed E-state index contributed by atoms with van der Waals surface area (Å²) in [6, 6.07) is 80.7. The monoisotopic (exact) mass is 739 g/mol. The highest BCUT2D eigenvalue weighted by Crippen LogP contribution is 2.44. The molecule has 0 aliphatic heterocycles. The fraction of sp³-hybridized carbons (Fsp3) is 0. The molecule has 0 N–H and O–H groups in total. The second-order valence-corrected chi connectivity index (χ2v) is 14.9. The van der Waals surface area contributed by atoms with Crippen LogP contribution in [0.1, 0.15) is 0 Å². The van der Waals surface area contributed by atoms with Crippen molar-refractivity contribution in [2.24, 2.45) is 0 Å². The van der Waals surface area contributed by atoms with Crippen LogP contribution < -0.4 is 4.90 Å². The summed E-state index contributed by atoms with van der Waals surface area (Å²) < 4.78 is 6.52. The Labute approximate surface area is 337 Å². The summed E-state index contributed by atoms with van der Waals surface area (Å²) in [6.07, 6.45) is 0. The molecule has 1 heterocycles. The number of rotatable bonds is 7. The minimum Gasteiger partial charge on any atom is -0.455 e. The maximum Gasteiger partial charge on any atom is 0.143 e. The van der Waals surface area contributed by atoms with Gasteiger partial charge in [-0.1, -0.05) is 188 Å². The number of fused-ring (bicyclic) bond motifs is 6. The smallest absolute Gasteiger partial charge is 0.143 e. The molecule has 0 fully saturated rings. The Bertz CT molecular complexity index is 3270. The van der Waals surface area contributed by atoms with Crippen molar-refractivity contribution < 1.29 is 4.42 Å².